The van der Waals surface area contributed by atoms with E-state index in [0.717, 1.165) is 5.82 Å². The van der Waals surface area contributed by atoms with E-state index >= 15 is 0 Å². The predicted molar refractivity (Wildman–Crippen MR) is 46.9 cm³/mol. The lowest BCUT2D eigenvalue weighted by Gasteiger charge is -2.16. The van der Waals surface area contributed by atoms with Crippen LogP contribution >= 0.6 is 0 Å². The number of nitrogens with zero attached hydrogens (tertiary/aromatic N) is 2. The molecule has 0 bridgehead atoms. The van der Waals surface area contributed by atoms with Crippen LogP contribution in [-0.2, 0) is 4.74 Å². The smallest absolute Gasteiger partial charge is 0.105 e. The summed E-state index contributed by atoms with van der Waals surface area (Å²) < 4.78 is 7.08. The van der Waals surface area contributed by atoms with Gasteiger partial charge in [0.15, 0.2) is 0 Å². The standard InChI is InChI=1S/C8H15N3O/c1-7-10-3-4-11(7)8(5-9)6-12-2/h3-4,8H,5-6,9H2,1-2H3. The molecule has 0 aromatic carbocycles. The minimum Gasteiger partial charge on any atom is -0.382 e. The molecule has 0 saturated carbocycles. The first kappa shape index (κ1) is 9.22. The van der Waals surface area contributed by atoms with E-state index < -0.39 is 0 Å². The molecule has 0 fully saturated rings. The van der Waals surface area contributed by atoms with Gasteiger partial charge in [-0.05, 0) is 6.92 Å². The molecule has 0 radical (unpaired) electrons. The van der Waals surface area contributed by atoms with Gasteiger partial charge in [-0.3, -0.25) is 0 Å². The van der Waals surface area contributed by atoms with Gasteiger partial charge in [0.05, 0.1) is 12.6 Å². The summed E-state index contributed by atoms with van der Waals surface area (Å²) in [6.07, 6.45) is 3.69. The van der Waals surface area contributed by atoms with Crippen LogP contribution in [0.15, 0.2) is 12.4 Å². The Morgan fingerprint density at radius 3 is 2.92 bits per heavy atom. The van der Waals surface area contributed by atoms with E-state index in [1.54, 1.807) is 13.3 Å². The average Bonchev–Trinajstić information content (AvgIpc) is 2.47. The largest absolute Gasteiger partial charge is 0.382 e. The van der Waals surface area contributed by atoms with Gasteiger partial charge in [-0.2, -0.15) is 0 Å². The Balaban J connectivity index is 2.72. The molecule has 0 spiro atoms. The molecule has 1 rings (SSSR count). The van der Waals surface area contributed by atoms with Gasteiger partial charge in [0.25, 0.3) is 0 Å². The number of rotatable bonds is 4. The summed E-state index contributed by atoms with van der Waals surface area (Å²) in [7, 11) is 1.68. The third kappa shape index (κ3) is 1.84. The van der Waals surface area contributed by atoms with E-state index in [-0.39, 0.29) is 6.04 Å². The second kappa shape index (κ2) is 4.23. The summed E-state index contributed by atoms with van der Waals surface area (Å²) in [4.78, 5) is 4.12. The highest BCUT2D eigenvalue weighted by molar-refractivity contribution is 4.92. The lowest BCUT2D eigenvalue weighted by Crippen LogP contribution is -2.23. The van der Waals surface area contributed by atoms with Gasteiger partial charge in [-0.1, -0.05) is 0 Å². The third-order valence-corrected chi connectivity index (χ3v) is 1.89. The highest BCUT2D eigenvalue weighted by atomic mass is 16.5. The second-order valence-corrected chi connectivity index (χ2v) is 2.73. The monoisotopic (exact) mass is 169 g/mol. The molecule has 1 aromatic heterocycles. The number of nitrogens with two attached hydrogens (primary N) is 1. The van der Waals surface area contributed by atoms with E-state index in [9.17, 15) is 0 Å². The number of aromatic nitrogens is 2. The molecule has 4 heteroatoms. The predicted octanol–water partition coefficient (Wildman–Crippen LogP) is 0.338. The molecule has 1 heterocycles. The molecule has 1 atom stereocenters. The molecule has 0 saturated heterocycles. The van der Waals surface area contributed by atoms with Gasteiger partial charge in [0.2, 0.25) is 0 Å². The minimum absolute atomic E-state index is 0.206. The second-order valence-electron chi connectivity index (χ2n) is 2.73. The number of aryl methyl sites for hydroxylation is 1. The van der Waals surface area contributed by atoms with Crippen LogP contribution in [0.25, 0.3) is 0 Å². The van der Waals surface area contributed by atoms with Crippen molar-refractivity contribution < 1.29 is 4.74 Å². The number of methoxy groups -OCH3 is 1. The first-order chi connectivity index (χ1) is 5.79. The number of imidazole rings is 1. The van der Waals surface area contributed by atoms with Gasteiger partial charge in [-0.25, -0.2) is 4.98 Å². The summed E-state index contributed by atoms with van der Waals surface area (Å²) >= 11 is 0. The molecular weight excluding hydrogens is 154 g/mol. The van der Waals surface area contributed by atoms with Gasteiger partial charge < -0.3 is 15.0 Å². The van der Waals surface area contributed by atoms with Crippen LogP contribution in [0.5, 0.6) is 0 Å². The van der Waals surface area contributed by atoms with Gasteiger partial charge >= 0.3 is 0 Å². The lowest BCUT2D eigenvalue weighted by molar-refractivity contribution is 0.157. The normalized spacial score (nSPS) is 13.2. The zero-order valence-corrected chi connectivity index (χ0v) is 7.53. The SMILES string of the molecule is COCC(CN)n1ccnc1C. The Hall–Kier alpha value is -0.870. The molecule has 1 unspecified atom stereocenters. The molecule has 0 aliphatic rings. The molecule has 4 nitrogen and oxygen atoms in total. The lowest BCUT2D eigenvalue weighted by atomic mass is 10.3. The summed E-state index contributed by atoms with van der Waals surface area (Å²) in [6, 6.07) is 0.206. The summed E-state index contributed by atoms with van der Waals surface area (Å²) in [6.45, 7) is 3.16. The fourth-order valence-corrected chi connectivity index (χ4v) is 1.23. The topological polar surface area (TPSA) is 53.1 Å². The summed E-state index contributed by atoms with van der Waals surface area (Å²) in [5.41, 5.74) is 5.59. The van der Waals surface area contributed by atoms with E-state index in [0.29, 0.717) is 13.2 Å². The van der Waals surface area contributed by atoms with Crippen LogP contribution in [0.3, 0.4) is 0 Å². The Morgan fingerprint density at radius 1 is 1.75 bits per heavy atom. The summed E-state index contributed by atoms with van der Waals surface area (Å²) in [5.74, 6) is 0.975. The van der Waals surface area contributed by atoms with Crippen LogP contribution < -0.4 is 5.73 Å². The number of hydrogen-bond donors (Lipinski definition) is 1. The van der Waals surface area contributed by atoms with Crippen molar-refractivity contribution in [2.24, 2.45) is 5.73 Å². The van der Waals surface area contributed by atoms with Crippen molar-refractivity contribution in [2.75, 3.05) is 20.3 Å². The Kier molecular flexibility index (Phi) is 3.25. The van der Waals surface area contributed by atoms with Gasteiger partial charge in [0.1, 0.15) is 5.82 Å². The molecule has 0 amide bonds. The maximum Gasteiger partial charge on any atom is 0.105 e. The molecule has 12 heavy (non-hydrogen) atoms. The highest BCUT2D eigenvalue weighted by Crippen LogP contribution is 2.07. The molecule has 1 aromatic rings. The molecule has 0 aliphatic carbocycles. The fourth-order valence-electron chi connectivity index (χ4n) is 1.23. The first-order valence-corrected chi connectivity index (χ1v) is 3.98. The van der Waals surface area contributed by atoms with Crippen molar-refractivity contribution in [3.8, 4) is 0 Å². The van der Waals surface area contributed by atoms with Crippen molar-refractivity contribution >= 4 is 0 Å². The maximum absolute atomic E-state index is 5.59. The van der Waals surface area contributed by atoms with E-state index in [2.05, 4.69) is 4.98 Å². The van der Waals surface area contributed by atoms with Crippen LogP contribution in [-0.4, -0.2) is 29.8 Å². The van der Waals surface area contributed by atoms with E-state index in [1.807, 2.05) is 17.7 Å². The first-order valence-electron chi connectivity index (χ1n) is 3.98. The van der Waals surface area contributed by atoms with Gasteiger partial charge in [-0.15, -0.1) is 0 Å². The number of hydrogen-bond acceptors (Lipinski definition) is 3. The average molecular weight is 169 g/mol. The van der Waals surface area contributed by atoms with Crippen molar-refractivity contribution in [3.05, 3.63) is 18.2 Å². The Morgan fingerprint density at radius 2 is 2.50 bits per heavy atom. The molecule has 68 valence electrons. The minimum atomic E-state index is 0.206. The molecular formula is C8H15N3O. The number of ether oxygens (including phenoxy) is 1. The van der Waals surface area contributed by atoms with Crippen molar-refractivity contribution in [2.45, 2.75) is 13.0 Å². The van der Waals surface area contributed by atoms with E-state index in [4.69, 9.17) is 10.5 Å². The fraction of sp³-hybridized carbons (Fsp3) is 0.625. The maximum atomic E-state index is 5.59. The zero-order valence-electron chi connectivity index (χ0n) is 7.53. The van der Waals surface area contributed by atoms with Gasteiger partial charge in [0, 0.05) is 26.0 Å². The van der Waals surface area contributed by atoms with Crippen LogP contribution in [0.2, 0.25) is 0 Å². The van der Waals surface area contributed by atoms with Crippen molar-refractivity contribution in [3.63, 3.8) is 0 Å². The van der Waals surface area contributed by atoms with Crippen molar-refractivity contribution in [1.82, 2.24) is 9.55 Å². The molecule has 0 aliphatic heterocycles. The Labute approximate surface area is 72.3 Å². The van der Waals surface area contributed by atoms with Crippen molar-refractivity contribution in [1.29, 1.82) is 0 Å². The third-order valence-electron chi connectivity index (χ3n) is 1.89. The quantitative estimate of drug-likeness (QED) is 0.707. The molecule has 2 N–H and O–H groups in total. The zero-order chi connectivity index (χ0) is 8.97. The van der Waals surface area contributed by atoms with Crippen LogP contribution in [0.4, 0.5) is 0 Å². The Bertz CT molecular complexity index is 234. The van der Waals surface area contributed by atoms with Crippen LogP contribution in [0, 0.1) is 6.92 Å². The van der Waals surface area contributed by atoms with E-state index in [1.165, 1.54) is 0 Å². The van der Waals surface area contributed by atoms with Crippen LogP contribution in [0.1, 0.15) is 11.9 Å². The highest BCUT2D eigenvalue weighted by Gasteiger charge is 2.09. The summed E-state index contributed by atoms with van der Waals surface area (Å²) in [5, 5.41) is 0.